The van der Waals surface area contributed by atoms with Crippen LogP contribution in [0, 0.1) is 0 Å². The van der Waals surface area contributed by atoms with Gasteiger partial charge in [-0.3, -0.25) is 0 Å². The molecule has 4 unspecified atom stereocenters. The van der Waals surface area contributed by atoms with Crippen LogP contribution in [-0.2, 0) is 20.7 Å². The van der Waals surface area contributed by atoms with Crippen LogP contribution in [0.3, 0.4) is 0 Å². The molecule has 4 atom stereocenters. The second kappa shape index (κ2) is 16.2. The molecular weight excluding hydrogens is 536 g/mol. The van der Waals surface area contributed by atoms with E-state index >= 15 is 0 Å². The van der Waals surface area contributed by atoms with E-state index in [1.54, 1.807) is 0 Å². The Bertz CT molecular complexity index is 1260. The third kappa shape index (κ3) is 8.96. The quantitative estimate of drug-likeness (QED) is 0.227. The van der Waals surface area contributed by atoms with E-state index in [0.29, 0.717) is 24.2 Å². The van der Waals surface area contributed by atoms with Gasteiger partial charge in [0.25, 0.3) is 0 Å². The first-order chi connectivity index (χ1) is 20.3. The zero-order chi connectivity index (χ0) is 28.1. The Morgan fingerprint density at radius 2 is 0.780 bits per heavy atom. The van der Waals surface area contributed by atoms with Crippen molar-refractivity contribution >= 4 is 0 Å². The molecule has 0 saturated carbocycles. The number of benzene rings is 4. The van der Waals surface area contributed by atoms with Gasteiger partial charge in [0, 0.05) is 0 Å². The van der Waals surface area contributed by atoms with Crippen molar-refractivity contribution in [3.63, 3.8) is 0 Å². The van der Waals surface area contributed by atoms with Crippen LogP contribution in [0.15, 0.2) is 121 Å². The Morgan fingerprint density at radius 3 is 1.20 bits per heavy atom. The molecule has 41 heavy (non-hydrogen) atoms. The minimum absolute atomic E-state index is 0.314. The molecule has 0 aliphatic carbocycles. The zero-order valence-electron chi connectivity index (χ0n) is 24.0. The molecule has 4 aromatic carbocycles. The van der Waals surface area contributed by atoms with Crippen LogP contribution in [0.2, 0.25) is 0 Å². The molecule has 0 bridgehead atoms. The van der Waals surface area contributed by atoms with Gasteiger partial charge in [-0.2, -0.15) is 0 Å². The van der Waals surface area contributed by atoms with Gasteiger partial charge < -0.3 is 0 Å². The number of hydrogen-bond donors (Lipinski definition) is 3. The van der Waals surface area contributed by atoms with Gasteiger partial charge in [0.2, 0.25) is 0 Å². The summed E-state index contributed by atoms with van der Waals surface area (Å²) in [6.07, 6.45) is 4.21. The van der Waals surface area contributed by atoms with Gasteiger partial charge in [-0.05, 0) is 0 Å². The summed E-state index contributed by atoms with van der Waals surface area (Å²) in [7, 11) is 0. The molecule has 4 aromatic rings. The standard InChI is InChI=1S/C36H43N4.Ti/c1-5-13-29(14-6-1)33-21-25-38-35(31-17-9-3-10-18-31)23-27-40-36(32-19-11-4-12-20-32)24-28-39-34(22-26-37-33)30-15-7-2-8-16-30;/h1-20,33-39H,21-28H2;/q-1;+1. The van der Waals surface area contributed by atoms with Crippen LogP contribution in [-0.4, -0.2) is 29.6 Å². The molecule has 1 heterocycles. The SMILES string of the molecule is [Ti][N]1CCC(c2ccccc2)NCCC(c2ccccc2)NCCC(c2ccccc2)NCCC1c1ccccc1. The van der Waals surface area contributed by atoms with E-state index in [-0.39, 0.29) is 0 Å². The fourth-order valence-electron chi connectivity index (χ4n) is 6.02. The Balaban J connectivity index is 1.38. The number of rotatable bonds is 4. The summed E-state index contributed by atoms with van der Waals surface area (Å²) in [4.78, 5) is 0. The van der Waals surface area contributed by atoms with Gasteiger partial charge in [0.15, 0.2) is 0 Å². The third-order valence-electron chi connectivity index (χ3n) is 8.28. The summed E-state index contributed by atoms with van der Waals surface area (Å²) in [5.41, 5.74) is 5.49. The summed E-state index contributed by atoms with van der Waals surface area (Å²) in [6.45, 7) is 3.90. The fraction of sp³-hybridized carbons (Fsp3) is 0.333. The Hall–Kier alpha value is -2.57. The molecule has 1 fully saturated rings. The molecule has 0 aromatic heterocycles. The zero-order valence-corrected chi connectivity index (χ0v) is 25.5. The number of nitrogens with one attached hydrogen (secondary N) is 3. The van der Waals surface area contributed by atoms with Crippen molar-refractivity contribution < 1.29 is 20.7 Å². The predicted octanol–water partition coefficient (Wildman–Crippen LogP) is 7.06. The number of nitrogens with zero attached hydrogens (tertiary/aromatic N) is 1. The van der Waals surface area contributed by atoms with Crippen LogP contribution in [0.4, 0.5) is 0 Å². The molecule has 4 nitrogen and oxygen atoms in total. The molecule has 0 spiro atoms. The molecule has 1 aliphatic rings. The average Bonchev–Trinajstić information content (AvgIpc) is 3.04. The van der Waals surface area contributed by atoms with Gasteiger partial charge in [-0.1, -0.05) is 0 Å². The molecule has 5 heteroatoms. The third-order valence-corrected chi connectivity index (χ3v) is 9.12. The van der Waals surface area contributed by atoms with Gasteiger partial charge >= 0.3 is 260 Å². The van der Waals surface area contributed by atoms with Crippen molar-refractivity contribution in [2.75, 3.05) is 26.2 Å². The topological polar surface area (TPSA) is 39.3 Å². The molecular formula is C36H43N4Ti. The first kappa shape index (κ1) is 29.9. The van der Waals surface area contributed by atoms with Crippen molar-refractivity contribution in [3.8, 4) is 0 Å². The fourth-order valence-corrected chi connectivity index (χ4v) is 6.65. The van der Waals surface area contributed by atoms with E-state index in [1.807, 2.05) is 0 Å². The normalized spacial score (nSPS) is 24.0. The first-order valence-electron chi connectivity index (χ1n) is 15.2. The van der Waals surface area contributed by atoms with Gasteiger partial charge in [-0.25, -0.2) is 0 Å². The van der Waals surface area contributed by atoms with Crippen molar-refractivity contribution in [1.29, 1.82) is 0 Å². The predicted molar refractivity (Wildman–Crippen MR) is 166 cm³/mol. The van der Waals surface area contributed by atoms with Crippen LogP contribution < -0.4 is 16.0 Å². The van der Waals surface area contributed by atoms with Crippen LogP contribution in [0.25, 0.3) is 0 Å². The monoisotopic (exact) mass is 579 g/mol. The maximum atomic E-state index is 3.95. The molecule has 5 rings (SSSR count). The van der Waals surface area contributed by atoms with Gasteiger partial charge in [0.1, 0.15) is 0 Å². The van der Waals surface area contributed by atoms with Crippen LogP contribution >= 0.6 is 0 Å². The van der Waals surface area contributed by atoms with Crippen molar-refractivity contribution in [2.45, 2.75) is 49.9 Å². The average molecular weight is 580 g/mol. The summed E-state index contributed by atoms with van der Waals surface area (Å²) in [5, 5.41) is 11.8. The summed E-state index contributed by atoms with van der Waals surface area (Å²) in [5.74, 6) is 0. The van der Waals surface area contributed by atoms with E-state index in [0.717, 1.165) is 51.9 Å². The summed E-state index contributed by atoms with van der Waals surface area (Å²) >= 11 is 2.30. The number of hydrogen-bond acceptors (Lipinski definition) is 4. The summed E-state index contributed by atoms with van der Waals surface area (Å²) in [6, 6.07) is 45.2. The van der Waals surface area contributed by atoms with E-state index < -0.39 is 0 Å². The van der Waals surface area contributed by atoms with Crippen LogP contribution in [0.1, 0.15) is 72.1 Å². The molecule has 0 radical (unpaired) electrons. The van der Waals surface area contributed by atoms with Crippen molar-refractivity contribution in [2.24, 2.45) is 0 Å². The molecule has 1 saturated heterocycles. The van der Waals surface area contributed by atoms with E-state index in [4.69, 9.17) is 0 Å². The van der Waals surface area contributed by atoms with E-state index in [1.165, 1.54) is 22.3 Å². The molecule has 1 aliphatic heterocycles. The minimum atomic E-state index is 0.314. The Labute approximate surface area is 258 Å². The maximum absolute atomic E-state index is 3.95. The molecule has 0 amide bonds. The van der Waals surface area contributed by atoms with Crippen LogP contribution in [0.5, 0.6) is 0 Å². The van der Waals surface area contributed by atoms with Crippen molar-refractivity contribution in [1.82, 2.24) is 19.3 Å². The summed E-state index contributed by atoms with van der Waals surface area (Å²) < 4.78 is 2.56. The van der Waals surface area contributed by atoms with E-state index in [9.17, 15) is 0 Å². The second-order valence-electron chi connectivity index (χ2n) is 11.0. The van der Waals surface area contributed by atoms with Gasteiger partial charge in [0.05, 0.1) is 0 Å². The Morgan fingerprint density at radius 1 is 0.439 bits per heavy atom. The molecule has 211 valence electrons. The first-order valence-corrected chi connectivity index (χ1v) is 15.9. The van der Waals surface area contributed by atoms with Gasteiger partial charge in [-0.15, -0.1) is 0 Å². The van der Waals surface area contributed by atoms with Crippen molar-refractivity contribution in [3.05, 3.63) is 144 Å². The second-order valence-corrected chi connectivity index (χ2v) is 11.9. The Kier molecular flexibility index (Phi) is 11.8. The van der Waals surface area contributed by atoms with E-state index in [2.05, 4.69) is 161 Å². The molecule has 3 N–H and O–H groups in total.